The van der Waals surface area contributed by atoms with Crippen molar-refractivity contribution < 1.29 is 9.87 Å². The van der Waals surface area contributed by atoms with Crippen molar-refractivity contribution in [1.82, 2.24) is 0 Å². The predicted octanol–water partition coefficient (Wildman–Crippen LogP) is 2.86. The van der Waals surface area contributed by atoms with Gasteiger partial charge in [0, 0.05) is 22.6 Å². The number of para-hydroxylation sites is 1. The number of nitrogens with zero attached hydrogens (tertiary/aromatic N) is 1. The van der Waals surface area contributed by atoms with E-state index in [1.807, 2.05) is 42.5 Å². The molecule has 3 rings (SSSR count). The maximum atomic E-state index is 11.8. The van der Waals surface area contributed by atoms with Crippen molar-refractivity contribution in [3.63, 3.8) is 0 Å². The minimum absolute atomic E-state index is 0.506. The van der Waals surface area contributed by atoms with Gasteiger partial charge in [0.25, 0.3) is 5.69 Å². The first kappa shape index (κ1) is 10.9. The molecule has 1 unspecified atom stereocenters. The summed E-state index contributed by atoms with van der Waals surface area (Å²) < 4.78 is 0.627. The van der Waals surface area contributed by atoms with Gasteiger partial charge in [0.05, 0.1) is 10.3 Å². The minimum Gasteiger partial charge on any atom is -0.330 e. The van der Waals surface area contributed by atoms with Crippen molar-refractivity contribution >= 4 is 11.3 Å². The standard InChI is InChI=1S/C15H12NO2/c17-15-10-13(11-6-2-1-3-7-11)12-8-4-5-9-14(12)16(15)18/h1-10,15,17H/q+1. The zero-order valence-corrected chi connectivity index (χ0v) is 9.65. The Balaban J connectivity index is 2.21. The quantitative estimate of drug-likeness (QED) is 0.776. The molecular formula is C15H12NO2+. The lowest BCUT2D eigenvalue weighted by molar-refractivity contribution is -0.541. The van der Waals surface area contributed by atoms with Gasteiger partial charge in [-0.3, -0.25) is 0 Å². The van der Waals surface area contributed by atoms with Crippen LogP contribution < -0.4 is 0 Å². The van der Waals surface area contributed by atoms with Crippen LogP contribution in [-0.2, 0) is 0 Å². The topological polar surface area (TPSA) is 40.3 Å². The molecule has 2 aromatic carbocycles. The summed E-state index contributed by atoms with van der Waals surface area (Å²) in [6.07, 6.45) is 0.458. The van der Waals surface area contributed by atoms with E-state index in [9.17, 15) is 10.0 Å². The van der Waals surface area contributed by atoms with Crippen LogP contribution >= 0.6 is 0 Å². The number of aliphatic hydroxyl groups excluding tert-OH is 1. The molecular weight excluding hydrogens is 226 g/mol. The average molecular weight is 238 g/mol. The molecule has 0 aliphatic carbocycles. The zero-order chi connectivity index (χ0) is 12.5. The van der Waals surface area contributed by atoms with Gasteiger partial charge < -0.3 is 5.11 Å². The fraction of sp³-hybridized carbons (Fsp3) is 0.0667. The first-order valence-corrected chi connectivity index (χ1v) is 5.78. The molecule has 2 aromatic rings. The predicted molar refractivity (Wildman–Crippen MR) is 69.3 cm³/mol. The molecule has 0 amide bonds. The Labute approximate surface area is 105 Å². The highest BCUT2D eigenvalue weighted by Crippen LogP contribution is 2.35. The van der Waals surface area contributed by atoms with Crippen molar-refractivity contribution in [2.75, 3.05) is 0 Å². The first-order chi connectivity index (χ1) is 8.77. The van der Waals surface area contributed by atoms with Crippen molar-refractivity contribution in [2.45, 2.75) is 6.23 Å². The van der Waals surface area contributed by atoms with Crippen LogP contribution in [-0.4, -0.2) is 16.1 Å². The Hall–Kier alpha value is -2.26. The summed E-state index contributed by atoms with van der Waals surface area (Å²) in [6, 6.07) is 17.1. The maximum Gasteiger partial charge on any atom is 0.329 e. The lowest BCUT2D eigenvalue weighted by atomic mass is 9.93. The molecule has 1 aliphatic heterocycles. The molecule has 0 bridgehead atoms. The fourth-order valence-corrected chi connectivity index (χ4v) is 2.21. The number of nitroso groups, excluding NO2 is 1. The van der Waals surface area contributed by atoms with Crippen LogP contribution in [0, 0.1) is 4.91 Å². The van der Waals surface area contributed by atoms with Crippen LogP contribution in [0.5, 0.6) is 0 Å². The van der Waals surface area contributed by atoms with Crippen LogP contribution in [0.15, 0.2) is 60.7 Å². The molecule has 1 aliphatic rings. The van der Waals surface area contributed by atoms with Gasteiger partial charge in [-0.2, -0.15) is 0 Å². The van der Waals surface area contributed by atoms with E-state index in [0.717, 1.165) is 16.7 Å². The highest BCUT2D eigenvalue weighted by molar-refractivity contribution is 5.85. The zero-order valence-electron chi connectivity index (χ0n) is 9.65. The molecule has 88 valence electrons. The van der Waals surface area contributed by atoms with Gasteiger partial charge in [-0.25, -0.2) is 0 Å². The van der Waals surface area contributed by atoms with Crippen molar-refractivity contribution in [3.8, 4) is 0 Å². The van der Waals surface area contributed by atoms with Crippen molar-refractivity contribution in [2.24, 2.45) is 0 Å². The van der Waals surface area contributed by atoms with Gasteiger partial charge >= 0.3 is 6.23 Å². The minimum atomic E-state index is -1.13. The summed E-state index contributed by atoms with van der Waals surface area (Å²) >= 11 is 0. The molecule has 3 nitrogen and oxygen atoms in total. The molecule has 0 radical (unpaired) electrons. The van der Waals surface area contributed by atoms with Crippen LogP contribution in [0.1, 0.15) is 11.1 Å². The average Bonchev–Trinajstić information content (AvgIpc) is 2.44. The van der Waals surface area contributed by atoms with E-state index >= 15 is 0 Å². The molecule has 0 aromatic heterocycles. The number of benzene rings is 2. The van der Waals surface area contributed by atoms with E-state index in [2.05, 4.69) is 0 Å². The SMILES string of the molecule is O=[N+]1c2ccccc2C(c2ccccc2)=CC1O. The van der Waals surface area contributed by atoms with E-state index in [4.69, 9.17) is 0 Å². The fourth-order valence-electron chi connectivity index (χ4n) is 2.21. The van der Waals surface area contributed by atoms with E-state index in [0.29, 0.717) is 10.4 Å². The Morgan fingerprint density at radius 2 is 1.61 bits per heavy atom. The van der Waals surface area contributed by atoms with Gasteiger partial charge in [-0.1, -0.05) is 42.5 Å². The summed E-state index contributed by atoms with van der Waals surface area (Å²) in [7, 11) is 0. The molecule has 0 saturated heterocycles. The van der Waals surface area contributed by atoms with Crippen molar-refractivity contribution in [1.29, 1.82) is 0 Å². The van der Waals surface area contributed by atoms with Gasteiger partial charge in [-0.05, 0) is 11.6 Å². The van der Waals surface area contributed by atoms with Gasteiger partial charge in [0.1, 0.15) is 0 Å². The summed E-state index contributed by atoms with van der Waals surface area (Å²) in [6.45, 7) is 0. The van der Waals surface area contributed by atoms with Gasteiger partial charge in [0.15, 0.2) is 0 Å². The third kappa shape index (κ3) is 1.65. The third-order valence-electron chi connectivity index (χ3n) is 3.07. The lowest BCUT2D eigenvalue weighted by Crippen LogP contribution is -2.22. The second kappa shape index (κ2) is 4.20. The molecule has 0 fully saturated rings. The monoisotopic (exact) mass is 238 g/mol. The van der Waals surface area contributed by atoms with E-state index < -0.39 is 6.23 Å². The van der Waals surface area contributed by atoms with E-state index in [1.165, 1.54) is 0 Å². The summed E-state index contributed by atoms with van der Waals surface area (Å²) in [5.41, 5.74) is 3.25. The molecule has 0 spiro atoms. The highest BCUT2D eigenvalue weighted by Gasteiger charge is 2.33. The van der Waals surface area contributed by atoms with Gasteiger partial charge in [-0.15, -0.1) is 0 Å². The number of fused-ring (bicyclic) bond motifs is 1. The summed E-state index contributed by atoms with van der Waals surface area (Å²) in [4.78, 5) is 11.8. The highest BCUT2D eigenvalue weighted by atomic mass is 16.4. The van der Waals surface area contributed by atoms with Crippen molar-refractivity contribution in [3.05, 3.63) is 76.7 Å². The van der Waals surface area contributed by atoms with Crippen LogP contribution in [0.25, 0.3) is 5.57 Å². The van der Waals surface area contributed by atoms with E-state index in [-0.39, 0.29) is 0 Å². The smallest absolute Gasteiger partial charge is 0.329 e. The van der Waals surface area contributed by atoms with E-state index in [1.54, 1.807) is 18.2 Å². The largest absolute Gasteiger partial charge is 0.330 e. The third-order valence-corrected chi connectivity index (χ3v) is 3.07. The Morgan fingerprint density at radius 3 is 2.39 bits per heavy atom. The Bertz CT molecular complexity index is 632. The molecule has 1 heterocycles. The summed E-state index contributed by atoms with van der Waals surface area (Å²) in [5.74, 6) is 0. The van der Waals surface area contributed by atoms with Crippen LogP contribution in [0.4, 0.5) is 5.69 Å². The van der Waals surface area contributed by atoms with Crippen LogP contribution in [0.2, 0.25) is 0 Å². The maximum absolute atomic E-state index is 11.8. The summed E-state index contributed by atoms with van der Waals surface area (Å²) in [5, 5.41) is 9.79. The first-order valence-electron chi connectivity index (χ1n) is 5.78. The molecule has 1 N–H and O–H groups in total. The number of aliphatic hydroxyl groups is 1. The second-order valence-corrected chi connectivity index (χ2v) is 4.20. The van der Waals surface area contributed by atoms with Crippen LogP contribution in [0.3, 0.4) is 0 Å². The molecule has 1 atom stereocenters. The Kier molecular flexibility index (Phi) is 2.54. The lowest BCUT2D eigenvalue weighted by Gasteiger charge is -2.14. The van der Waals surface area contributed by atoms with Gasteiger partial charge in [0.2, 0.25) is 0 Å². The molecule has 3 heteroatoms. The Morgan fingerprint density at radius 1 is 0.944 bits per heavy atom. The number of rotatable bonds is 1. The number of hydrogen-bond donors (Lipinski definition) is 1. The normalized spacial score (nSPS) is 18.2. The molecule has 0 saturated carbocycles. The second-order valence-electron chi connectivity index (χ2n) is 4.20. The number of hydrogen-bond acceptors (Lipinski definition) is 2. The molecule has 18 heavy (non-hydrogen) atoms.